The van der Waals surface area contributed by atoms with E-state index in [1.165, 1.54) is 23.1 Å². The first-order valence-corrected chi connectivity index (χ1v) is 10.9. The molecule has 0 aliphatic carbocycles. The number of thioether (sulfide) groups is 1. The molecule has 28 heavy (non-hydrogen) atoms. The molecule has 0 radical (unpaired) electrons. The van der Waals surface area contributed by atoms with Crippen molar-refractivity contribution < 1.29 is 14.7 Å². The number of hydrogen-bond donors (Lipinski definition) is 2. The molecule has 0 aliphatic rings. The number of carboxylic acids is 1. The first-order valence-electron chi connectivity index (χ1n) is 8.70. The highest BCUT2D eigenvalue weighted by Crippen LogP contribution is 2.33. The zero-order chi connectivity index (χ0) is 19.9. The molecular formula is C21H20N2O3S2. The fraction of sp³-hybridized carbons (Fsp3) is 0.190. The molecule has 1 aromatic heterocycles. The summed E-state index contributed by atoms with van der Waals surface area (Å²) in [4.78, 5) is 29.0. The molecule has 0 fully saturated rings. The van der Waals surface area contributed by atoms with E-state index < -0.39 is 17.9 Å². The molecule has 5 nitrogen and oxygen atoms in total. The van der Waals surface area contributed by atoms with Gasteiger partial charge < -0.3 is 10.4 Å². The van der Waals surface area contributed by atoms with Gasteiger partial charge in [0.25, 0.3) is 5.91 Å². The Bertz CT molecular complexity index is 930. The molecule has 0 spiro atoms. The number of aromatic nitrogens is 1. The molecule has 2 unspecified atom stereocenters. The van der Waals surface area contributed by atoms with Gasteiger partial charge in [-0.05, 0) is 29.9 Å². The highest BCUT2D eigenvalue weighted by atomic mass is 32.2. The third-order valence-corrected chi connectivity index (χ3v) is 6.34. The summed E-state index contributed by atoms with van der Waals surface area (Å²) in [5.74, 6) is -1.45. The first-order chi connectivity index (χ1) is 13.6. The normalized spacial score (nSPS) is 12.9. The lowest BCUT2D eigenvalue weighted by atomic mass is 9.99. The predicted molar refractivity (Wildman–Crippen MR) is 114 cm³/mol. The lowest BCUT2D eigenvalue weighted by molar-refractivity contribution is -0.139. The van der Waals surface area contributed by atoms with Gasteiger partial charge >= 0.3 is 5.97 Å². The van der Waals surface area contributed by atoms with Crippen molar-refractivity contribution in [3.63, 3.8) is 0 Å². The second-order valence-electron chi connectivity index (χ2n) is 6.11. The maximum absolute atomic E-state index is 12.9. The summed E-state index contributed by atoms with van der Waals surface area (Å²) in [6, 6.07) is 15.8. The molecule has 2 aromatic carbocycles. The van der Waals surface area contributed by atoms with Crippen molar-refractivity contribution >= 4 is 35.0 Å². The van der Waals surface area contributed by atoms with Gasteiger partial charge in [-0.15, -0.1) is 11.3 Å². The van der Waals surface area contributed by atoms with Crippen molar-refractivity contribution in [2.24, 2.45) is 0 Å². The van der Waals surface area contributed by atoms with Crippen molar-refractivity contribution in [1.29, 1.82) is 0 Å². The van der Waals surface area contributed by atoms with E-state index >= 15 is 0 Å². The minimum atomic E-state index is -1.05. The largest absolute Gasteiger partial charge is 0.480 e. The van der Waals surface area contributed by atoms with E-state index in [9.17, 15) is 14.7 Å². The van der Waals surface area contributed by atoms with Crippen LogP contribution in [-0.4, -0.2) is 34.3 Å². The zero-order valence-electron chi connectivity index (χ0n) is 15.2. The van der Waals surface area contributed by atoms with E-state index in [1.54, 1.807) is 18.3 Å². The number of benzene rings is 2. The summed E-state index contributed by atoms with van der Waals surface area (Å²) in [6.07, 6.45) is 3.88. The van der Waals surface area contributed by atoms with Gasteiger partial charge in [-0.2, -0.15) is 11.8 Å². The number of aliphatic carboxylic acids is 1. The molecule has 7 heteroatoms. The van der Waals surface area contributed by atoms with E-state index in [4.69, 9.17) is 0 Å². The standard InChI is InChI=1S/C21H20N2O3S2/c1-27-18(20-22-11-12-28-20)13-17(21(25)26)23-19(24)16-10-6-5-9-15(16)14-7-3-2-4-8-14/h2-12,17-18H,13H2,1H3,(H,23,24)(H,25,26). The van der Waals surface area contributed by atoms with E-state index in [0.717, 1.165) is 16.1 Å². The van der Waals surface area contributed by atoms with Crippen LogP contribution in [0.5, 0.6) is 0 Å². The smallest absolute Gasteiger partial charge is 0.326 e. The van der Waals surface area contributed by atoms with Gasteiger partial charge in [0, 0.05) is 17.1 Å². The Labute approximate surface area is 171 Å². The predicted octanol–water partition coefficient (Wildman–Crippen LogP) is 4.49. The second kappa shape index (κ2) is 9.52. The Balaban J connectivity index is 1.81. The first kappa shape index (κ1) is 20.1. The Morgan fingerprint density at radius 2 is 1.86 bits per heavy atom. The Morgan fingerprint density at radius 1 is 1.14 bits per heavy atom. The molecule has 0 saturated heterocycles. The molecule has 144 valence electrons. The van der Waals surface area contributed by atoms with Crippen LogP contribution < -0.4 is 5.32 Å². The number of nitrogens with zero attached hydrogens (tertiary/aromatic N) is 1. The number of nitrogens with one attached hydrogen (secondary N) is 1. The minimum Gasteiger partial charge on any atom is -0.480 e. The monoisotopic (exact) mass is 412 g/mol. The molecule has 0 bridgehead atoms. The van der Waals surface area contributed by atoms with Crippen molar-refractivity contribution in [1.82, 2.24) is 10.3 Å². The van der Waals surface area contributed by atoms with Gasteiger partial charge in [0.15, 0.2) is 0 Å². The average molecular weight is 413 g/mol. The molecule has 0 aliphatic heterocycles. The number of carbonyl (C=O) groups is 2. The molecule has 0 saturated carbocycles. The number of amides is 1. The lowest BCUT2D eigenvalue weighted by Crippen LogP contribution is -2.41. The summed E-state index contributed by atoms with van der Waals surface area (Å²) < 4.78 is 0. The number of carbonyl (C=O) groups excluding carboxylic acids is 1. The molecule has 1 amide bonds. The number of rotatable bonds is 8. The van der Waals surface area contributed by atoms with Gasteiger partial charge in [-0.1, -0.05) is 48.5 Å². The minimum absolute atomic E-state index is 0.0919. The molecule has 1 heterocycles. The van der Waals surface area contributed by atoms with Crippen LogP contribution >= 0.6 is 23.1 Å². The van der Waals surface area contributed by atoms with Gasteiger partial charge in [0.05, 0.1) is 5.25 Å². The van der Waals surface area contributed by atoms with E-state index in [0.29, 0.717) is 5.56 Å². The van der Waals surface area contributed by atoms with E-state index in [-0.39, 0.29) is 11.7 Å². The third kappa shape index (κ3) is 4.79. The summed E-state index contributed by atoms with van der Waals surface area (Å²) in [5.41, 5.74) is 2.13. The van der Waals surface area contributed by atoms with Crippen molar-refractivity contribution in [2.75, 3.05) is 6.26 Å². The van der Waals surface area contributed by atoms with Gasteiger partial charge in [0.2, 0.25) is 0 Å². The van der Waals surface area contributed by atoms with E-state index in [1.807, 2.05) is 54.1 Å². The molecule has 2 atom stereocenters. The van der Waals surface area contributed by atoms with Crippen molar-refractivity contribution in [3.8, 4) is 11.1 Å². The second-order valence-corrected chi connectivity index (χ2v) is 8.07. The third-order valence-electron chi connectivity index (χ3n) is 4.32. The topological polar surface area (TPSA) is 79.3 Å². The Kier molecular flexibility index (Phi) is 6.84. The fourth-order valence-electron chi connectivity index (χ4n) is 2.91. The van der Waals surface area contributed by atoms with Crippen LogP contribution in [0.2, 0.25) is 0 Å². The van der Waals surface area contributed by atoms with Crippen LogP contribution in [0.1, 0.15) is 27.0 Å². The summed E-state index contributed by atoms with van der Waals surface area (Å²) in [7, 11) is 0. The highest BCUT2D eigenvalue weighted by Gasteiger charge is 2.27. The summed E-state index contributed by atoms with van der Waals surface area (Å²) in [6.45, 7) is 0. The molecule has 3 aromatic rings. The Hall–Kier alpha value is -2.64. The molecule has 3 rings (SSSR count). The highest BCUT2D eigenvalue weighted by molar-refractivity contribution is 7.98. The van der Waals surface area contributed by atoms with Crippen LogP contribution in [0.4, 0.5) is 0 Å². The molecular weight excluding hydrogens is 392 g/mol. The number of hydrogen-bond acceptors (Lipinski definition) is 5. The van der Waals surface area contributed by atoms with Crippen molar-refractivity contribution in [3.05, 3.63) is 76.7 Å². The number of thiazole rings is 1. The van der Waals surface area contributed by atoms with Crippen molar-refractivity contribution in [2.45, 2.75) is 17.7 Å². The fourth-order valence-corrected chi connectivity index (χ4v) is 4.65. The SMILES string of the molecule is CSC(CC(NC(=O)c1ccccc1-c1ccccc1)C(=O)O)c1nccs1. The van der Waals surface area contributed by atoms with Gasteiger partial charge in [-0.25, -0.2) is 9.78 Å². The van der Waals surface area contributed by atoms with Crippen LogP contribution in [0.15, 0.2) is 66.2 Å². The molecule has 2 N–H and O–H groups in total. The Morgan fingerprint density at radius 3 is 2.50 bits per heavy atom. The maximum Gasteiger partial charge on any atom is 0.326 e. The average Bonchev–Trinajstić information content (AvgIpc) is 3.26. The quantitative estimate of drug-likeness (QED) is 0.570. The van der Waals surface area contributed by atoms with Crippen LogP contribution in [0.25, 0.3) is 11.1 Å². The van der Waals surface area contributed by atoms with Crippen LogP contribution in [0.3, 0.4) is 0 Å². The maximum atomic E-state index is 12.9. The van der Waals surface area contributed by atoms with Gasteiger partial charge in [0.1, 0.15) is 11.0 Å². The van der Waals surface area contributed by atoms with E-state index in [2.05, 4.69) is 10.3 Å². The van der Waals surface area contributed by atoms with Gasteiger partial charge in [-0.3, -0.25) is 4.79 Å². The lowest BCUT2D eigenvalue weighted by Gasteiger charge is -2.20. The summed E-state index contributed by atoms with van der Waals surface area (Å²) >= 11 is 3.02. The van der Waals surface area contributed by atoms with Crippen LogP contribution in [0, 0.1) is 0 Å². The van der Waals surface area contributed by atoms with Crippen LogP contribution in [-0.2, 0) is 4.79 Å². The zero-order valence-corrected chi connectivity index (χ0v) is 16.9. The number of carboxylic acid groups (broad SMARTS) is 1. The summed E-state index contributed by atoms with van der Waals surface area (Å²) in [5, 5.41) is 15.0.